The van der Waals surface area contributed by atoms with Crippen LogP contribution in [0.5, 0.6) is 11.5 Å². The van der Waals surface area contributed by atoms with E-state index in [4.69, 9.17) is 14.6 Å². The van der Waals surface area contributed by atoms with Gasteiger partial charge in [0.1, 0.15) is 17.5 Å². The molecule has 2 aromatic carbocycles. The Morgan fingerprint density at radius 3 is 2.36 bits per heavy atom. The fourth-order valence-corrected chi connectivity index (χ4v) is 2.31. The summed E-state index contributed by atoms with van der Waals surface area (Å²) >= 11 is 0. The van der Waals surface area contributed by atoms with Gasteiger partial charge in [-0.15, -0.1) is 0 Å². The molecule has 0 radical (unpaired) electrons. The van der Waals surface area contributed by atoms with Gasteiger partial charge < -0.3 is 19.9 Å². The topological polar surface area (TPSA) is 84.9 Å². The molecule has 0 bridgehead atoms. The second kappa shape index (κ2) is 9.23. The van der Waals surface area contributed by atoms with Crippen LogP contribution in [0.1, 0.15) is 22.3 Å². The van der Waals surface area contributed by atoms with Crippen LogP contribution < -0.4 is 10.1 Å². The first-order valence-electron chi connectivity index (χ1n) is 8.18. The molecular formula is C19H18F3NO5. The number of carboxylic acid groups (broad SMARTS) is 1. The molecule has 0 aliphatic rings. The van der Waals surface area contributed by atoms with E-state index >= 15 is 0 Å². The molecule has 2 aromatic rings. The summed E-state index contributed by atoms with van der Waals surface area (Å²) < 4.78 is 48.6. The van der Waals surface area contributed by atoms with Crippen molar-refractivity contribution in [1.82, 2.24) is 5.32 Å². The fourth-order valence-electron chi connectivity index (χ4n) is 2.31. The molecule has 0 aliphatic heterocycles. The first-order valence-corrected chi connectivity index (χ1v) is 8.18. The molecule has 0 saturated carbocycles. The summed E-state index contributed by atoms with van der Waals surface area (Å²) in [6.45, 7) is 0.149. The summed E-state index contributed by atoms with van der Waals surface area (Å²) in [6.07, 6.45) is -4.42. The molecule has 150 valence electrons. The zero-order chi connectivity index (χ0) is 20.7. The number of nitrogens with one attached hydrogen (secondary N) is 1. The highest BCUT2D eigenvalue weighted by Crippen LogP contribution is 2.32. The van der Waals surface area contributed by atoms with Crippen molar-refractivity contribution in [3.8, 4) is 11.5 Å². The van der Waals surface area contributed by atoms with Gasteiger partial charge in [0.05, 0.1) is 5.56 Å². The van der Waals surface area contributed by atoms with Gasteiger partial charge in [0.15, 0.2) is 0 Å². The molecule has 0 spiro atoms. The maximum Gasteiger partial charge on any atom is 0.416 e. The summed E-state index contributed by atoms with van der Waals surface area (Å²) in [5, 5.41) is 11.5. The number of hydrogen-bond acceptors (Lipinski definition) is 4. The summed E-state index contributed by atoms with van der Waals surface area (Å²) in [5.41, 5.74) is -0.755. The molecule has 0 aromatic heterocycles. The Morgan fingerprint density at radius 1 is 1.11 bits per heavy atom. The number of methoxy groups -OCH3 is 1. The number of carboxylic acids is 1. The van der Waals surface area contributed by atoms with Crippen LogP contribution in [0.15, 0.2) is 48.5 Å². The van der Waals surface area contributed by atoms with E-state index in [1.807, 2.05) is 0 Å². The number of hydrogen-bond donors (Lipinski definition) is 2. The maximum atomic E-state index is 12.8. The molecule has 9 heteroatoms. The largest absolute Gasteiger partial charge is 0.480 e. The van der Waals surface area contributed by atoms with Gasteiger partial charge in [-0.2, -0.15) is 13.2 Å². The number of halogens is 3. The van der Waals surface area contributed by atoms with Gasteiger partial charge in [-0.05, 0) is 36.4 Å². The zero-order valence-electron chi connectivity index (χ0n) is 14.8. The molecule has 0 aliphatic carbocycles. The van der Waals surface area contributed by atoms with Crippen LogP contribution >= 0.6 is 0 Å². The number of amides is 1. The lowest BCUT2D eigenvalue weighted by Gasteiger charge is -2.14. The van der Waals surface area contributed by atoms with Gasteiger partial charge in [0.25, 0.3) is 5.91 Å². The molecule has 0 heterocycles. The van der Waals surface area contributed by atoms with Crippen molar-refractivity contribution < 1.29 is 37.3 Å². The van der Waals surface area contributed by atoms with Crippen molar-refractivity contribution in [1.29, 1.82) is 0 Å². The molecule has 0 saturated heterocycles. The zero-order valence-corrected chi connectivity index (χ0v) is 14.8. The average molecular weight is 397 g/mol. The van der Waals surface area contributed by atoms with Gasteiger partial charge in [-0.1, -0.05) is 12.1 Å². The Kier molecular flexibility index (Phi) is 7.00. The lowest BCUT2D eigenvalue weighted by molar-refractivity contribution is -0.140. The van der Waals surface area contributed by atoms with E-state index in [9.17, 15) is 22.8 Å². The number of carbonyl (C=O) groups excluding carboxylic acids is 1. The lowest BCUT2D eigenvalue weighted by Crippen LogP contribution is -2.41. The van der Waals surface area contributed by atoms with Crippen LogP contribution in [-0.4, -0.2) is 36.7 Å². The highest BCUT2D eigenvalue weighted by Gasteiger charge is 2.30. The minimum atomic E-state index is -4.50. The van der Waals surface area contributed by atoms with Crippen LogP contribution in [0.2, 0.25) is 0 Å². The molecule has 2 N–H and O–H groups in total. The van der Waals surface area contributed by atoms with Crippen LogP contribution in [0.4, 0.5) is 13.2 Å². The maximum absolute atomic E-state index is 12.8. The van der Waals surface area contributed by atoms with Gasteiger partial charge >= 0.3 is 12.1 Å². The van der Waals surface area contributed by atoms with Crippen molar-refractivity contribution in [2.45, 2.75) is 18.6 Å². The van der Waals surface area contributed by atoms with E-state index in [2.05, 4.69) is 5.32 Å². The van der Waals surface area contributed by atoms with E-state index in [-0.39, 0.29) is 30.1 Å². The number of ether oxygens (including phenoxy) is 2. The molecule has 2 rings (SSSR count). The van der Waals surface area contributed by atoms with Crippen molar-refractivity contribution in [3.05, 3.63) is 59.7 Å². The van der Waals surface area contributed by atoms with Crippen molar-refractivity contribution in [2.24, 2.45) is 0 Å². The Hall–Kier alpha value is -3.07. The van der Waals surface area contributed by atoms with Crippen LogP contribution in [-0.2, 0) is 15.7 Å². The molecule has 6 nitrogen and oxygen atoms in total. The minimum Gasteiger partial charge on any atom is -0.480 e. The fraction of sp³-hybridized carbons (Fsp3) is 0.263. The number of aliphatic carboxylic acids is 1. The Labute approximate surface area is 158 Å². The first-order chi connectivity index (χ1) is 13.2. The summed E-state index contributed by atoms with van der Waals surface area (Å²) in [6, 6.07) is 8.88. The van der Waals surface area contributed by atoms with Gasteiger partial charge in [0.2, 0.25) is 0 Å². The van der Waals surface area contributed by atoms with Gasteiger partial charge in [0, 0.05) is 25.7 Å². The monoisotopic (exact) mass is 397 g/mol. The van der Waals surface area contributed by atoms with E-state index in [0.717, 1.165) is 12.1 Å². The molecule has 28 heavy (non-hydrogen) atoms. The summed E-state index contributed by atoms with van der Waals surface area (Å²) in [7, 11) is 1.41. The Balaban J connectivity index is 2.13. The summed E-state index contributed by atoms with van der Waals surface area (Å²) in [4.78, 5) is 23.5. The van der Waals surface area contributed by atoms with E-state index in [1.54, 1.807) is 0 Å². The predicted molar refractivity (Wildman–Crippen MR) is 93.3 cm³/mol. The van der Waals surface area contributed by atoms with Gasteiger partial charge in [-0.25, -0.2) is 4.79 Å². The smallest absolute Gasteiger partial charge is 0.416 e. The van der Waals surface area contributed by atoms with E-state index < -0.39 is 29.7 Å². The molecular weight excluding hydrogens is 379 g/mol. The first kappa shape index (κ1) is 21.2. The number of benzene rings is 2. The van der Waals surface area contributed by atoms with E-state index in [1.165, 1.54) is 43.5 Å². The molecule has 0 fully saturated rings. The summed E-state index contributed by atoms with van der Waals surface area (Å²) in [5.74, 6) is -1.77. The second-order valence-electron chi connectivity index (χ2n) is 5.80. The normalized spacial score (nSPS) is 12.3. The lowest BCUT2D eigenvalue weighted by atomic mass is 10.1. The number of alkyl halides is 3. The Morgan fingerprint density at radius 2 is 1.75 bits per heavy atom. The van der Waals surface area contributed by atoms with Crippen LogP contribution in [0.25, 0.3) is 0 Å². The molecule has 1 atom stereocenters. The highest BCUT2D eigenvalue weighted by atomic mass is 19.4. The predicted octanol–water partition coefficient (Wildman–Crippen LogP) is 3.72. The average Bonchev–Trinajstić information content (AvgIpc) is 2.64. The number of carbonyl (C=O) groups is 2. The van der Waals surface area contributed by atoms with E-state index in [0.29, 0.717) is 0 Å². The highest BCUT2D eigenvalue weighted by molar-refractivity contribution is 5.96. The van der Waals surface area contributed by atoms with Gasteiger partial charge in [-0.3, -0.25) is 4.79 Å². The third-order valence-corrected chi connectivity index (χ3v) is 3.71. The second-order valence-corrected chi connectivity index (χ2v) is 5.80. The number of rotatable bonds is 8. The van der Waals surface area contributed by atoms with Crippen molar-refractivity contribution in [3.63, 3.8) is 0 Å². The molecule has 1 unspecified atom stereocenters. The third kappa shape index (κ3) is 5.98. The Bertz CT molecular complexity index is 838. The van der Waals surface area contributed by atoms with Crippen molar-refractivity contribution >= 4 is 11.9 Å². The van der Waals surface area contributed by atoms with Crippen LogP contribution in [0.3, 0.4) is 0 Å². The molecule has 1 amide bonds. The van der Waals surface area contributed by atoms with Crippen LogP contribution in [0, 0.1) is 0 Å². The van der Waals surface area contributed by atoms with Crippen molar-refractivity contribution in [2.75, 3.05) is 13.7 Å². The standard InChI is InChI=1S/C19H18F3NO5/c1-27-9-8-16(18(25)26)23-17(24)12-4-2-6-14(10-12)28-15-7-3-5-13(11-15)19(20,21)22/h2-7,10-11,16H,8-9H2,1H3,(H,23,24)(H,25,26). The SMILES string of the molecule is COCCC(NC(=O)c1cccc(Oc2cccc(C(F)(F)F)c2)c1)C(=O)O. The third-order valence-electron chi connectivity index (χ3n) is 3.71. The minimum absolute atomic E-state index is 0.0455. The quantitative estimate of drug-likeness (QED) is 0.709.